The molecule has 0 spiro atoms. The minimum Gasteiger partial charge on any atom is -0.508 e. The molecule has 0 bridgehead atoms. The maximum atomic E-state index is 9.98. The first kappa shape index (κ1) is 14.3. The zero-order valence-corrected chi connectivity index (χ0v) is 11.8. The summed E-state index contributed by atoms with van der Waals surface area (Å²) in [7, 11) is 2.16. The normalized spacial score (nSPS) is 17.8. The van der Waals surface area contributed by atoms with E-state index >= 15 is 0 Å². The van der Waals surface area contributed by atoms with Crippen LogP contribution in [0.25, 0.3) is 0 Å². The molecule has 2 rings (SSSR count). The molecule has 1 aromatic carbocycles. The number of benzene rings is 1. The van der Waals surface area contributed by atoms with Gasteiger partial charge in [-0.25, -0.2) is 0 Å². The molecule has 4 nitrogen and oxygen atoms in total. The lowest BCUT2D eigenvalue weighted by molar-refractivity contribution is 0.147. The summed E-state index contributed by atoms with van der Waals surface area (Å²) in [6.45, 7) is 5.91. The van der Waals surface area contributed by atoms with E-state index in [1.807, 2.05) is 12.1 Å². The molecule has 1 aliphatic heterocycles. The summed E-state index contributed by atoms with van der Waals surface area (Å²) in [4.78, 5) is 4.75. The third-order valence-corrected chi connectivity index (χ3v) is 3.80. The zero-order valence-electron chi connectivity index (χ0n) is 11.8. The molecular formula is C15H25N3O. The van der Waals surface area contributed by atoms with E-state index in [1.54, 1.807) is 0 Å². The topological polar surface area (TPSA) is 52.7 Å². The molecule has 1 aromatic rings. The van der Waals surface area contributed by atoms with Gasteiger partial charge in [0.25, 0.3) is 0 Å². The fourth-order valence-electron chi connectivity index (χ4n) is 2.47. The number of rotatable bonds is 5. The van der Waals surface area contributed by atoms with Gasteiger partial charge in [-0.1, -0.05) is 12.1 Å². The van der Waals surface area contributed by atoms with Gasteiger partial charge < -0.3 is 15.7 Å². The second-order valence-corrected chi connectivity index (χ2v) is 5.43. The average Bonchev–Trinajstić information content (AvgIpc) is 2.42. The standard InChI is InChI=1S/C15H25N3O/c1-17-7-9-18(10-8-17)12-14-11-13(3-2-6-16)4-5-15(14)19/h4-5,11,19H,2-3,6-10,12,16H2,1H3. The monoisotopic (exact) mass is 263 g/mol. The number of phenolic OH excluding ortho intramolecular Hbond substituents is 1. The minimum atomic E-state index is 0.412. The highest BCUT2D eigenvalue weighted by molar-refractivity contribution is 5.36. The highest BCUT2D eigenvalue weighted by Crippen LogP contribution is 2.21. The quantitative estimate of drug-likeness (QED) is 0.833. The maximum Gasteiger partial charge on any atom is 0.120 e. The molecule has 106 valence electrons. The van der Waals surface area contributed by atoms with Crippen molar-refractivity contribution in [1.82, 2.24) is 9.80 Å². The number of phenols is 1. The van der Waals surface area contributed by atoms with Gasteiger partial charge in [-0.05, 0) is 38.1 Å². The Morgan fingerprint density at radius 1 is 1.21 bits per heavy atom. The van der Waals surface area contributed by atoms with Crippen molar-refractivity contribution < 1.29 is 5.11 Å². The van der Waals surface area contributed by atoms with Crippen molar-refractivity contribution in [3.63, 3.8) is 0 Å². The first-order chi connectivity index (χ1) is 9.19. The predicted molar refractivity (Wildman–Crippen MR) is 78.3 cm³/mol. The van der Waals surface area contributed by atoms with Gasteiger partial charge in [0.2, 0.25) is 0 Å². The third kappa shape index (κ3) is 4.20. The number of piperazine rings is 1. The molecule has 0 saturated carbocycles. The van der Waals surface area contributed by atoms with Crippen LogP contribution in [0.5, 0.6) is 5.75 Å². The molecule has 0 amide bonds. The highest BCUT2D eigenvalue weighted by Gasteiger charge is 2.15. The third-order valence-electron chi connectivity index (χ3n) is 3.80. The van der Waals surface area contributed by atoms with Crippen LogP contribution in [0.15, 0.2) is 18.2 Å². The number of aromatic hydroxyl groups is 1. The molecule has 1 heterocycles. The summed E-state index contributed by atoms with van der Waals surface area (Å²) >= 11 is 0. The Hall–Kier alpha value is -1.10. The molecule has 19 heavy (non-hydrogen) atoms. The second-order valence-electron chi connectivity index (χ2n) is 5.43. The Morgan fingerprint density at radius 2 is 1.95 bits per heavy atom. The van der Waals surface area contributed by atoms with E-state index < -0.39 is 0 Å². The van der Waals surface area contributed by atoms with Crippen molar-refractivity contribution >= 4 is 0 Å². The summed E-state index contributed by atoms with van der Waals surface area (Å²) in [6.07, 6.45) is 1.99. The van der Waals surface area contributed by atoms with E-state index in [1.165, 1.54) is 5.56 Å². The lowest BCUT2D eigenvalue weighted by atomic mass is 10.0. The number of likely N-dealkylation sites (N-methyl/N-ethyl adjacent to an activating group) is 1. The van der Waals surface area contributed by atoms with E-state index in [0.29, 0.717) is 12.3 Å². The molecule has 0 aromatic heterocycles. The van der Waals surface area contributed by atoms with Crippen molar-refractivity contribution in [2.24, 2.45) is 5.73 Å². The molecule has 1 fully saturated rings. The summed E-state index contributed by atoms with van der Waals surface area (Å²) in [6, 6.07) is 5.94. The van der Waals surface area contributed by atoms with Gasteiger partial charge in [0.15, 0.2) is 0 Å². The maximum absolute atomic E-state index is 9.98. The van der Waals surface area contributed by atoms with Gasteiger partial charge >= 0.3 is 0 Å². The molecular weight excluding hydrogens is 238 g/mol. The fraction of sp³-hybridized carbons (Fsp3) is 0.600. The SMILES string of the molecule is CN1CCN(Cc2cc(CCCN)ccc2O)CC1. The molecule has 3 N–H and O–H groups in total. The van der Waals surface area contributed by atoms with E-state index in [9.17, 15) is 5.11 Å². The second kappa shape index (κ2) is 6.89. The van der Waals surface area contributed by atoms with Crippen LogP contribution in [-0.4, -0.2) is 54.7 Å². The van der Waals surface area contributed by atoms with Gasteiger partial charge in [0.05, 0.1) is 0 Å². The van der Waals surface area contributed by atoms with Crippen molar-refractivity contribution in [2.75, 3.05) is 39.8 Å². The van der Waals surface area contributed by atoms with Gasteiger partial charge in [-0.15, -0.1) is 0 Å². The molecule has 0 unspecified atom stereocenters. The van der Waals surface area contributed by atoms with E-state index in [-0.39, 0.29) is 0 Å². The van der Waals surface area contributed by atoms with Crippen LogP contribution in [0.3, 0.4) is 0 Å². The van der Waals surface area contributed by atoms with Crippen LogP contribution in [0.1, 0.15) is 17.5 Å². The van der Waals surface area contributed by atoms with Gasteiger partial charge in [-0.2, -0.15) is 0 Å². The lowest BCUT2D eigenvalue weighted by Crippen LogP contribution is -2.43. The van der Waals surface area contributed by atoms with Crippen LogP contribution in [-0.2, 0) is 13.0 Å². The first-order valence-electron chi connectivity index (χ1n) is 7.11. The molecule has 0 atom stereocenters. The van der Waals surface area contributed by atoms with Crippen molar-refractivity contribution in [2.45, 2.75) is 19.4 Å². The highest BCUT2D eigenvalue weighted by atomic mass is 16.3. The molecule has 0 aliphatic carbocycles. The number of hydrogen-bond donors (Lipinski definition) is 2. The van der Waals surface area contributed by atoms with Crippen molar-refractivity contribution in [1.29, 1.82) is 0 Å². The van der Waals surface area contributed by atoms with E-state index in [2.05, 4.69) is 22.9 Å². The number of aryl methyl sites for hydroxylation is 1. The molecule has 1 aliphatic rings. The fourth-order valence-corrected chi connectivity index (χ4v) is 2.47. The van der Waals surface area contributed by atoms with Crippen LogP contribution in [0.4, 0.5) is 0 Å². The molecule has 1 saturated heterocycles. The largest absolute Gasteiger partial charge is 0.508 e. The van der Waals surface area contributed by atoms with Crippen LogP contribution in [0, 0.1) is 0 Å². The van der Waals surface area contributed by atoms with Crippen LogP contribution < -0.4 is 5.73 Å². The lowest BCUT2D eigenvalue weighted by Gasteiger charge is -2.32. The number of hydrogen-bond acceptors (Lipinski definition) is 4. The van der Waals surface area contributed by atoms with Gasteiger partial charge in [0.1, 0.15) is 5.75 Å². The van der Waals surface area contributed by atoms with Gasteiger partial charge in [-0.3, -0.25) is 4.90 Å². The Balaban J connectivity index is 1.98. The van der Waals surface area contributed by atoms with Crippen molar-refractivity contribution in [3.8, 4) is 5.75 Å². The Bertz CT molecular complexity index is 400. The summed E-state index contributed by atoms with van der Waals surface area (Å²) in [5.74, 6) is 0.412. The Labute approximate surface area is 115 Å². The number of nitrogens with two attached hydrogens (primary N) is 1. The number of nitrogens with zero attached hydrogens (tertiary/aromatic N) is 2. The van der Waals surface area contributed by atoms with Gasteiger partial charge in [0, 0.05) is 38.3 Å². The smallest absolute Gasteiger partial charge is 0.120 e. The Morgan fingerprint density at radius 3 is 2.63 bits per heavy atom. The van der Waals surface area contributed by atoms with Crippen molar-refractivity contribution in [3.05, 3.63) is 29.3 Å². The summed E-state index contributed by atoms with van der Waals surface area (Å²) in [5, 5.41) is 9.98. The minimum absolute atomic E-state index is 0.412. The molecule has 4 heteroatoms. The van der Waals surface area contributed by atoms with Crippen LogP contribution in [0.2, 0.25) is 0 Å². The Kier molecular flexibility index (Phi) is 5.19. The van der Waals surface area contributed by atoms with E-state index in [4.69, 9.17) is 5.73 Å². The average molecular weight is 263 g/mol. The van der Waals surface area contributed by atoms with Crippen LogP contribution >= 0.6 is 0 Å². The van der Waals surface area contributed by atoms with E-state index in [0.717, 1.165) is 51.1 Å². The predicted octanol–water partition coefficient (Wildman–Crippen LogP) is 1.03. The zero-order chi connectivity index (χ0) is 13.7. The molecule has 0 radical (unpaired) electrons. The summed E-state index contributed by atoms with van der Waals surface area (Å²) < 4.78 is 0. The summed E-state index contributed by atoms with van der Waals surface area (Å²) in [5.41, 5.74) is 7.86. The first-order valence-corrected chi connectivity index (χ1v) is 7.11.